The molecule has 1 unspecified atom stereocenters. The summed E-state index contributed by atoms with van der Waals surface area (Å²) in [6.07, 6.45) is 0.110. The number of benzene rings is 2. The number of hydrogen-bond donors (Lipinski definition) is 2. The van der Waals surface area contributed by atoms with Crippen LogP contribution in [-0.4, -0.2) is 31.3 Å². The van der Waals surface area contributed by atoms with Gasteiger partial charge in [0.1, 0.15) is 6.61 Å². The molecule has 0 spiro atoms. The van der Waals surface area contributed by atoms with E-state index in [9.17, 15) is 18.0 Å². The standard InChI is InChI=1S/C19H19NO6S/c21-18(22)14-8-9-15-16(7-4-10-27(24,25)17(15)11-14)20-19(23)26-12-13-5-2-1-3-6-13/h1-3,5-6,8-9,11,16H,4,7,10,12H2,(H,20,23)(H,21,22). The molecule has 0 bridgehead atoms. The lowest BCUT2D eigenvalue weighted by Gasteiger charge is -2.19. The van der Waals surface area contributed by atoms with Crippen molar-refractivity contribution in [1.29, 1.82) is 0 Å². The van der Waals surface area contributed by atoms with E-state index in [0.29, 0.717) is 18.4 Å². The molecule has 1 aliphatic heterocycles. The van der Waals surface area contributed by atoms with Crippen LogP contribution >= 0.6 is 0 Å². The van der Waals surface area contributed by atoms with Crippen LogP contribution in [0.15, 0.2) is 53.4 Å². The first kappa shape index (κ1) is 18.9. The largest absolute Gasteiger partial charge is 0.478 e. The normalized spacial score (nSPS) is 18.0. The van der Waals surface area contributed by atoms with Crippen LogP contribution in [0.25, 0.3) is 0 Å². The molecule has 3 rings (SSSR count). The molecule has 0 aromatic heterocycles. The molecule has 0 fully saturated rings. The molecule has 2 aromatic carbocycles. The van der Waals surface area contributed by atoms with E-state index in [1.165, 1.54) is 12.1 Å². The van der Waals surface area contributed by atoms with Gasteiger partial charge in [0, 0.05) is 0 Å². The quantitative estimate of drug-likeness (QED) is 0.832. The first-order chi connectivity index (χ1) is 12.9. The summed E-state index contributed by atoms with van der Waals surface area (Å²) < 4.78 is 30.2. The Balaban J connectivity index is 1.80. The minimum absolute atomic E-state index is 0.0479. The number of carbonyl (C=O) groups is 2. The number of hydrogen-bond acceptors (Lipinski definition) is 5. The smallest absolute Gasteiger partial charge is 0.407 e. The van der Waals surface area contributed by atoms with E-state index < -0.39 is 27.9 Å². The molecule has 0 saturated heterocycles. The fraction of sp³-hybridized carbons (Fsp3) is 0.263. The highest BCUT2D eigenvalue weighted by Crippen LogP contribution is 2.32. The van der Waals surface area contributed by atoms with E-state index in [0.717, 1.165) is 11.6 Å². The number of carboxylic acid groups (broad SMARTS) is 1. The Kier molecular flexibility index (Phi) is 5.46. The number of fused-ring (bicyclic) bond motifs is 1. The molecule has 1 heterocycles. The summed E-state index contributed by atoms with van der Waals surface area (Å²) >= 11 is 0. The van der Waals surface area contributed by atoms with Gasteiger partial charge in [-0.1, -0.05) is 36.4 Å². The number of sulfone groups is 1. The summed E-state index contributed by atoms with van der Waals surface area (Å²) in [5.74, 6) is -1.30. The summed E-state index contributed by atoms with van der Waals surface area (Å²) in [5.41, 5.74) is 1.11. The third-order valence-electron chi connectivity index (χ3n) is 4.38. The van der Waals surface area contributed by atoms with Gasteiger partial charge >= 0.3 is 12.1 Å². The third-order valence-corrected chi connectivity index (χ3v) is 6.23. The van der Waals surface area contributed by atoms with Gasteiger partial charge in [-0.05, 0) is 36.1 Å². The van der Waals surface area contributed by atoms with Gasteiger partial charge in [0.2, 0.25) is 0 Å². The molecule has 142 valence electrons. The van der Waals surface area contributed by atoms with Gasteiger partial charge in [-0.2, -0.15) is 0 Å². The SMILES string of the molecule is O=C(NC1CCCS(=O)(=O)c2cc(C(=O)O)ccc21)OCc1ccccc1. The fourth-order valence-electron chi connectivity index (χ4n) is 3.02. The van der Waals surface area contributed by atoms with Gasteiger partial charge < -0.3 is 15.2 Å². The number of aromatic carboxylic acids is 1. The Morgan fingerprint density at radius 2 is 1.89 bits per heavy atom. The average Bonchev–Trinajstić information content (AvgIpc) is 2.77. The van der Waals surface area contributed by atoms with Crippen molar-refractivity contribution in [3.05, 3.63) is 65.2 Å². The first-order valence-corrected chi connectivity index (χ1v) is 10.1. The van der Waals surface area contributed by atoms with Crippen molar-refractivity contribution in [2.45, 2.75) is 30.4 Å². The predicted molar refractivity (Wildman–Crippen MR) is 97.2 cm³/mol. The fourth-order valence-corrected chi connectivity index (χ4v) is 4.67. The average molecular weight is 389 g/mol. The zero-order valence-corrected chi connectivity index (χ0v) is 15.2. The Bertz CT molecular complexity index is 955. The highest BCUT2D eigenvalue weighted by molar-refractivity contribution is 7.91. The van der Waals surface area contributed by atoms with Crippen molar-refractivity contribution in [3.8, 4) is 0 Å². The number of nitrogens with one attached hydrogen (secondary N) is 1. The number of ether oxygens (including phenoxy) is 1. The van der Waals surface area contributed by atoms with Crippen LogP contribution in [-0.2, 0) is 21.2 Å². The van der Waals surface area contributed by atoms with Crippen molar-refractivity contribution >= 4 is 21.9 Å². The van der Waals surface area contributed by atoms with E-state index in [1.807, 2.05) is 30.3 Å². The van der Waals surface area contributed by atoms with Crippen LogP contribution in [0.3, 0.4) is 0 Å². The zero-order valence-electron chi connectivity index (χ0n) is 14.4. The van der Waals surface area contributed by atoms with Crippen molar-refractivity contribution in [2.24, 2.45) is 0 Å². The van der Waals surface area contributed by atoms with E-state index in [2.05, 4.69) is 5.32 Å². The van der Waals surface area contributed by atoms with Crippen molar-refractivity contribution in [2.75, 3.05) is 5.75 Å². The lowest BCUT2D eigenvalue weighted by molar-refractivity contribution is 0.0696. The van der Waals surface area contributed by atoms with Crippen LogP contribution < -0.4 is 5.32 Å². The van der Waals surface area contributed by atoms with E-state index in [1.54, 1.807) is 0 Å². The maximum atomic E-state index is 12.5. The molecule has 0 radical (unpaired) electrons. The Morgan fingerprint density at radius 3 is 2.59 bits per heavy atom. The van der Waals surface area contributed by atoms with Crippen molar-refractivity contribution in [1.82, 2.24) is 5.32 Å². The number of carboxylic acids is 1. The summed E-state index contributed by atoms with van der Waals surface area (Å²) in [5, 5.41) is 11.8. The molecule has 1 atom stereocenters. The van der Waals surface area contributed by atoms with Gasteiger partial charge in [0.15, 0.2) is 9.84 Å². The second-order valence-corrected chi connectivity index (χ2v) is 8.36. The second-order valence-electron chi connectivity index (χ2n) is 6.28. The molecule has 1 amide bonds. The first-order valence-electron chi connectivity index (χ1n) is 8.44. The Hall–Kier alpha value is -2.87. The van der Waals surface area contributed by atoms with Crippen LogP contribution in [0.5, 0.6) is 0 Å². The number of carbonyl (C=O) groups excluding carboxylic acids is 1. The molecule has 0 saturated carbocycles. The van der Waals surface area contributed by atoms with E-state index >= 15 is 0 Å². The molecule has 0 aliphatic carbocycles. The molecular weight excluding hydrogens is 370 g/mol. The van der Waals surface area contributed by atoms with Gasteiger partial charge in [0.25, 0.3) is 0 Å². The van der Waals surface area contributed by atoms with Gasteiger partial charge in [-0.15, -0.1) is 0 Å². The number of alkyl carbamates (subject to hydrolysis) is 1. The van der Waals surface area contributed by atoms with Gasteiger partial charge in [-0.3, -0.25) is 0 Å². The summed E-state index contributed by atoms with van der Waals surface area (Å²) in [6.45, 7) is 0.0997. The number of rotatable bonds is 4. The third kappa shape index (κ3) is 4.46. The van der Waals surface area contributed by atoms with Crippen LogP contribution in [0, 0.1) is 0 Å². The molecule has 2 N–H and O–H groups in total. The van der Waals surface area contributed by atoms with Crippen LogP contribution in [0.1, 0.15) is 40.4 Å². The van der Waals surface area contributed by atoms with Crippen molar-refractivity contribution in [3.63, 3.8) is 0 Å². The Morgan fingerprint density at radius 1 is 1.15 bits per heavy atom. The highest BCUT2D eigenvalue weighted by Gasteiger charge is 2.29. The molecule has 1 aliphatic rings. The molecule has 27 heavy (non-hydrogen) atoms. The topological polar surface area (TPSA) is 110 Å². The minimum Gasteiger partial charge on any atom is -0.478 e. The molecule has 2 aromatic rings. The predicted octanol–water partition coefficient (Wildman–Crippen LogP) is 2.92. The lowest BCUT2D eigenvalue weighted by atomic mass is 10.0. The summed E-state index contributed by atoms with van der Waals surface area (Å²) in [4.78, 5) is 23.3. The maximum Gasteiger partial charge on any atom is 0.407 e. The molecular formula is C19H19NO6S. The van der Waals surface area contributed by atoms with Gasteiger partial charge in [-0.25, -0.2) is 18.0 Å². The highest BCUT2D eigenvalue weighted by atomic mass is 32.2. The molecule has 8 heteroatoms. The molecule has 7 nitrogen and oxygen atoms in total. The van der Waals surface area contributed by atoms with Gasteiger partial charge in [0.05, 0.1) is 22.3 Å². The van der Waals surface area contributed by atoms with E-state index in [4.69, 9.17) is 9.84 Å². The zero-order chi connectivity index (χ0) is 19.4. The monoisotopic (exact) mass is 389 g/mol. The lowest BCUT2D eigenvalue weighted by Crippen LogP contribution is -2.29. The summed E-state index contributed by atoms with van der Waals surface area (Å²) in [6, 6.07) is 12.6. The van der Waals surface area contributed by atoms with E-state index in [-0.39, 0.29) is 22.8 Å². The Labute approximate surface area is 156 Å². The van der Waals surface area contributed by atoms with Crippen LogP contribution in [0.2, 0.25) is 0 Å². The maximum absolute atomic E-state index is 12.5. The van der Waals surface area contributed by atoms with Crippen LogP contribution in [0.4, 0.5) is 4.79 Å². The second kappa shape index (κ2) is 7.79. The minimum atomic E-state index is -3.61. The van der Waals surface area contributed by atoms with Crippen molar-refractivity contribution < 1.29 is 27.9 Å². The number of amides is 1. The summed E-state index contributed by atoms with van der Waals surface area (Å²) in [7, 11) is -3.61.